The molecule has 0 aromatic rings. The monoisotopic (exact) mass is 432 g/mol. The van der Waals surface area contributed by atoms with Crippen LogP contribution >= 0.6 is 23.2 Å². The zero-order valence-electron chi connectivity index (χ0n) is 18.2. The molecule has 164 valence electrons. The summed E-state index contributed by atoms with van der Waals surface area (Å²) in [6.07, 6.45) is 18.6. The van der Waals surface area contributed by atoms with E-state index in [0.717, 1.165) is 64.6 Å². The number of hydrogen-bond acceptors (Lipinski definition) is 2. The molecule has 3 aliphatic rings. The van der Waals surface area contributed by atoms with E-state index < -0.39 is 4.33 Å². The number of ether oxygens (including phenoxy) is 2. The Labute approximate surface area is 183 Å². The standard InChI is InChI=1S/C24H42Cl2O2/c1-3-5-7-17-27-20-9-13-22(14-10-20)19-23(24(22,25)26)15-11-21(12-16-23)28-18-8-6-4-2/h20-21H,3-19H2,1-2H3. The van der Waals surface area contributed by atoms with Gasteiger partial charge < -0.3 is 9.47 Å². The summed E-state index contributed by atoms with van der Waals surface area (Å²) in [5.74, 6) is 0. The van der Waals surface area contributed by atoms with Crippen LogP contribution in [0.25, 0.3) is 0 Å². The van der Waals surface area contributed by atoms with E-state index in [1.54, 1.807) is 0 Å². The number of rotatable bonds is 10. The molecule has 3 fully saturated rings. The molecule has 0 aliphatic heterocycles. The predicted octanol–water partition coefficient (Wildman–Crippen LogP) is 7.84. The highest BCUT2D eigenvalue weighted by Crippen LogP contribution is 2.76. The van der Waals surface area contributed by atoms with Gasteiger partial charge in [-0.05, 0) is 70.6 Å². The van der Waals surface area contributed by atoms with Crippen molar-refractivity contribution in [1.29, 1.82) is 0 Å². The minimum absolute atomic E-state index is 0.133. The van der Waals surface area contributed by atoms with Crippen molar-refractivity contribution in [2.45, 2.75) is 127 Å². The van der Waals surface area contributed by atoms with Gasteiger partial charge in [0.1, 0.15) is 4.33 Å². The van der Waals surface area contributed by atoms with Gasteiger partial charge in [0.15, 0.2) is 0 Å². The Kier molecular flexibility index (Phi) is 8.44. The molecule has 0 aromatic heterocycles. The minimum atomic E-state index is -0.555. The molecule has 0 amide bonds. The van der Waals surface area contributed by atoms with Crippen molar-refractivity contribution in [3.63, 3.8) is 0 Å². The topological polar surface area (TPSA) is 18.5 Å². The van der Waals surface area contributed by atoms with Crippen LogP contribution in [0.2, 0.25) is 0 Å². The smallest absolute Gasteiger partial charge is 0.129 e. The van der Waals surface area contributed by atoms with Crippen LogP contribution in [0.3, 0.4) is 0 Å². The predicted molar refractivity (Wildman–Crippen MR) is 119 cm³/mol. The van der Waals surface area contributed by atoms with Gasteiger partial charge in [0, 0.05) is 24.0 Å². The number of unbranched alkanes of at least 4 members (excludes halogenated alkanes) is 4. The van der Waals surface area contributed by atoms with Gasteiger partial charge in [0.25, 0.3) is 0 Å². The molecule has 0 bridgehead atoms. The summed E-state index contributed by atoms with van der Waals surface area (Å²) in [4.78, 5) is 0. The van der Waals surface area contributed by atoms with Crippen LogP contribution in [-0.2, 0) is 9.47 Å². The van der Waals surface area contributed by atoms with Crippen LogP contribution in [-0.4, -0.2) is 29.8 Å². The molecule has 0 N–H and O–H groups in total. The SMILES string of the molecule is CCCCCOC1CCC2(CC1)CC1(CCC(OCCCCC)CC1)C2(Cl)Cl. The Morgan fingerprint density at radius 3 is 1.39 bits per heavy atom. The largest absolute Gasteiger partial charge is 0.378 e. The van der Waals surface area contributed by atoms with Crippen molar-refractivity contribution in [3.8, 4) is 0 Å². The first-order valence-corrected chi connectivity index (χ1v) is 12.9. The molecule has 2 nitrogen and oxygen atoms in total. The van der Waals surface area contributed by atoms with Gasteiger partial charge in [-0.15, -0.1) is 23.2 Å². The van der Waals surface area contributed by atoms with Crippen molar-refractivity contribution in [2.75, 3.05) is 13.2 Å². The normalized spacial score (nSPS) is 37.3. The third-order valence-electron chi connectivity index (χ3n) is 7.99. The highest BCUT2D eigenvalue weighted by molar-refractivity contribution is 6.50. The molecule has 0 aromatic carbocycles. The van der Waals surface area contributed by atoms with Gasteiger partial charge >= 0.3 is 0 Å². The van der Waals surface area contributed by atoms with Crippen LogP contribution in [0.15, 0.2) is 0 Å². The highest BCUT2D eigenvalue weighted by atomic mass is 35.5. The second kappa shape index (κ2) is 10.2. The van der Waals surface area contributed by atoms with E-state index >= 15 is 0 Å². The fourth-order valence-corrected chi connectivity index (χ4v) is 7.16. The van der Waals surface area contributed by atoms with E-state index in [1.807, 2.05) is 0 Å². The van der Waals surface area contributed by atoms with E-state index in [1.165, 1.54) is 44.9 Å². The Hall–Kier alpha value is 0.500. The van der Waals surface area contributed by atoms with Crippen molar-refractivity contribution in [1.82, 2.24) is 0 Å². The molecule has 4 heteroatoms. The first-order chi connectivity index (χ1) is 13.5. The van der Waals surface area contributed by atoms with Crippen molar-refractivity contribution in [2.24, 2.45) is 10.8 Å². The zero-order valence-corrected chi connectivity index (χ0v) is 19.8. The molecule has 3 saturated carbocycles. The van der Waals surface area contributed by atoms with Gasteiger partial charge in [-0.1, -0.05) is 39.5 Å². The molecule has 0 unspecified atom stereocenters. The lowest BCUT2D eigenvalue weighted by atomic mass is 9.44. The molecule has 0 radical (unpaired) electrons. The lowest BCUT2D eigenvalue weighted by Gasteiger charge is -2.69. The molecule has 2 spiro atoms. The number of alkyl halides is 2. The van der Waals surface area contributed by atoms with E-state index in [9.17, 15) is 0 Å². The van der Waals surface area contributed by atoms with Crippen LogP contribution in [0.1, 0.15) is 110 Å². The molecular formula is C24H42Cl2O2. The summed E-state index contributed by atoms with van der Waals surface area (Å²) in [7, 11) is 0. The lowest BCUT2D eigenvalue weighted by molar-refractivity contribution is -0.139. The first-order valence-electron chi connectivity index (χ1n) is 12.1. The zero-order chi connectivity index (χ0) is 20.1. The Morgan fingerprint density at radius 2 is 1.07 bits per heavy atom. The molecule has 0 atom stereocenters. The van der Waals surface area contributed by atoms with Gasteiger partial charge in [0.2, 0.25) is 0 Å². The second-order valence-electron chi connectivity index (χ2n) is 9.87. The minimum Gasteiger partial charge on any atom is -0.378 e. The molecular weight excluding hydrogens is 391 g/mol. The summed E-state index contributed by atoms with van der Waals surface area (Å²) in [6.45, 7) is 6.32. The molecule has 0 heterocycles. The molecule has 3 rings (SSSR count). The van der Waals surface area contributed by atoms with Gasteiger partial charge in [0.05, 0.1) is 12.2 Å². The van der Waals surface area contributed by atoms with Crippen LogP contribution in [0.5, 0.6) is 0 Å². The Bertz CT molecular complexity index is 423. The van der Waals surface area contributed by atoms with Crippen molar-refractivity contribution < 1.29 is 9.47 Å². The maximum Gasteiger partial charge on any atom is 0.129 e. The van der Waals surface area contributed by atoms with Gasteiger partial charge in [-0.3, -0.25) is 0 Å². The Morgan fingerprint density at radius 1 is 0.679 bits per heavy atom. The third-order valence-corrected chi connectivity index (χ3v) is 9.59. The lowest BCUT2D eigenvalue weighted by Crippen LogP contribution is -2.67. The average Bonchev–Trinajstić information content (AvgIpc) is 2.71. The highest BCUT2D eigenvalue weighted by Gasteiger charge is 2.72. The molecule has 28 heavy (non-hydrogen) atoms. The van der Waals surface area contributed by atoms with E-state index in [-0.39, 0.29) is 10.8 Å². The first kappa shape index (κ1) is 23.2. The van der Waals surface area contributed by atoms with Gasteiger partial charge in [-0.25, -0.2) is 0 Å². The average molecular weight is 434 g/mol. The summed E-state index contributed by atoms with van der Waals surface area (Å²) in [5, 5.41) is 0. The number of halogens is 2. The maximum atomic E-state index is 7.15. The van der Waals surface area contributed by atoms with Crippen LogP contribution < -0.4 is 0 Å². The molecule has 0 saturated heterocycles. The van der Waals surface area contributed by atoms with E-state index in [2.05, 4.69) is 13.8 Å². The summed E-state index contributed by atoms with van der Waals surface area (Å²) < 4.78 is 11.7. The second-order valence-corrected chi connectivity index (χ2v) is 11.2. The quantitative estimate of drug-likeness (QED) is 0.258. The third kappa shape index (κ3) is 4.71. The fraction of sp³-hybridized carbons (Fsp3) is 1.00. The molecule has 3 aliphatic carbocycles. The fourth-order valence-electron chi connectivity index (χ4n) is 6.13. The van der Waals surface area contributed by atoms with Crippen molar-refractivity contribution >= 4 is 23.2 Å². The summed E-state index contributed by atoms with van der Waals surface area (Å²) in [5.41, 5.74) is 0.266. The van der Waals surface area contributed by atoms with Crippen LogP contribution in [0, 0.1) is 10.8 Å². The summed E-state index contributed by atoms with van der Waals surface area (Å²) in [6, 6.07) is 0. The maximum absolute atomic E-state index is 7.15. The summed E-state index contributed by atoms with van der Waals surface area (Å²) >= 11 is 14.3. The van der Waals surface area contributed by atoms with Crippen molar-refractivity contribution in [3.05, 3.63) is 0 Å². The Balaban J connectivity index is 1.42. The van der Waals surface area contributed by atoms with E-state index in [0.29, 0.717) is 12.2 Å². The number of hydrogen-bond donors (Lipinski definition) is 0. The van der Waals surface area contributed by atoms with Gasteiger partial charge in [-0.2, -0.15) is 0 Å². The van der Waals surface area contributed by atoms with Crippen LogP contribution in [0.4, 0.5) is 0 Å². The van der Waals surface area contributed by atoms with E-state index in [4.69, 9.17) is 32.7 Å².